The number of aromatic nitrogens is 1. The summed E-state index contributed by atoms with van der Waals surface area (Å²) in [5.74, 6) is -0.168. The van der Waals surface area contributed by atoms with E-state index in [1.165, 1.54) is 30.4 Å². The van der Waals surface area contributed by atoms with E-state index in [1.807, 2.05) is 6.07 Å². The summed E-state index contributed by atoms with van der Waals surface area (Å²) in [4.78, 5) is 16.0. The van der Waals surface area contributed by atoms with Crippen LogP contribution in [0.15, 0.2) is 48.8 Å². The van der Waals surface area contributed by atoms with Crippen molar-refractivity contribution >= 4 is 5.91 Å². The van der Waals surface area contributed by atoms with E-state index in [1.54, 1.807) is 0 Å². The summed E-state index contributed by atoms with van der Waals surface area (Å²) in [6.45, 7) is 0.663. The van der Waals surface area contributed by atoms with Gasteiger partial charge in [-0.15, -0.1) is 0 Å². The van der Waals surface area contributed by atoms with Gasteiger partial charge in [-0.05, 0) is 36.3 Å². The van der Waals surface area contributed by atoms with Gasteiger partial charge < -0.3 is 10.4 Å². The number of amides is 1. The van der Waals surface area contributed by atoms with Crippen LogP contribution in [-0.4, -0.2) is 22.5 Å². The number of nitrogens with zero attached hydrogens (tertiary/aromatic N) is 1. The molecule has 1 fully saturated rings. The van der Waals surface area contributed by atoms with Crippen molar-refractivity contribution in [3.8, 4) is 5.75 Å². The minimum atomic E-state index is -0.178. The van der Waals surface area contributed by atoms with Gasteiger partial charge in [0.15, 0.2) is 0 Å². The Morgan fingerprint density at radius 1 is 1.23 bits per heavy atom. The normalized spacial score (nSPS) is 15.8. The summed E-state index contributed by atoms with van der Waals surface area (Å²) in [6.07, 6.45) is 7.28. The number of carbonyl (C=O) groups excluding carboxylic acids is 1. The molecule has 2 N–H and O–H groups in total. The average molecular weight is 296 g/mol. The first-order chi connectivity index (χ1) is 10.7. The Morgan fingerprint density at radius 2 is 2.00 bits per heavy atom. The van der Waals surface area contributed by atoms with Gasteiger partial charge in [-0.3, -0.25) is 9.78 Å². The van der Waals surface area contributed by atoms with Crippen molar-refractivity contribution in [3.63, 3.8) is 0 Å². The van der Waals surface area contributed by atoms with E-state index in [-0.39, 0.29) is 17.1 Å². The van der Waals surface area contributed by atoms with Crippen LogP contribution >= 0.6 is 0 Å². The minimum Gasteiger partial charge on any atom is -0.506 e. The lowest BCUT2D eigenvalue weighted by atomic mass is 9.65. The Bertz CT molecular complexity index is 651. The van der Waals surface area contributed by atoms with Gasteiger partial charge in [-0.25, -0.2) is 0 Å². The third-order valence-electron chi connectivity index (χ3n) is 4.45. The molecule has 0 radical (unpaired) electrons. The van der Waals surface area contributed by atoms with E-state index >= 15 is 0 Å². The molecule has 22 heavy (non-hydrogen) atoms. The summed E-state index contributed by atoms with van der Waals surface area (Å²) in [5, 5.41) is 12.4. The lowest BCUT2D eigenvalue weighted by Crippen LogP contribution is -2.43. The summed E-state index contributed by atoms with van der Waals surface area (Å²) in [6, 6.07) is 11.8. The second kappa shape index (κ2) is 6.18. The zero-order valence-corrected chi connectivity index (χ0v) is 12.5. The molecule has 0 atom stereocenters. The van der Waals surface area contributed by atoms with Crippen LogP contribution in [0.3, 0.4) is 0 Å². The first-order valence-electron chi connectivity index (χ1n) is 7.63. The van der Waals surface area contributed by atoms with Gasteiger partial charge in [-0.1, -0.05) is 36.8 Å². The van der Waals surface area contributed by atoms with Gasteiger partial charge in [0.1, 0.15) is 5.75 Å². The molecule has 1 aromatic carbocycles. The van der Waals surface area contributed by atoms with Gasteiger partial charge >= 0.3 is 0 Å². The van der Waals surface area contributed by atoms with Crippen molar-refractivity contribution in [2.75, 3.05) is 6.54 Å². The predicted molar refractivity (Wildman–Crippen MR) is 84.7 cm³/mol. The number of aromatic hydroxyl groups is 1. The van der Waals surface area contributed by atoms with Gasteiger partial charge in [0, 0.05) is 12.7 Å². The number of pyridine rings is 1. The van der Waals surface area contributed by atoms with E-state index in [2.05, 4.69) is 34.6 Å². The molecule has 0 saturated heterocycles. The summed E-state index contributed by atoms with van der Waals surface area (Å²) in [7, 11) is 0. The van der Waals surface area contributed by atoms with Crippen LogP contribution in [0.2, 0.25) is 0 Å². The highest BCUT2D eigenvalue weighted by Gasteiger charge is 2.37. The molecular formula is C18H20N2O2. The molecule has 1 aliphatic carbocycles. The minimum absolute atomic E-state index is 0.00953. The fourth-order valence-electron chi connectivity index (χ4n) is 3.04. The molecule has 0 spiro atoms. The van der Waals surface area contributed by atoms with Crippen LogP contribution in [0.1, 0.15) is 35.2 Å². The molecule has 0 aliphatic heterocycles. The highest BCUT2D eigenvalue weighted by molar-refractivity contribution is 5.94. The third kappa shape index (κ3) is 3.27. The maximum Gasteiger partial charge on any atom is 0.253 e. The van der Waals surface area contributed by atoms with Crippen molar-refractivity contribution in [3.05, 3.63) is 59.9 Å². The third-order valence-corrected chi connectivity index (χ3v) is 4.45. The largest absolute Gasteiger partial charge is 0.506 e. The van der Waals surface area contributed by atoms with Gasteiger partial charge in [0.05, 0.1) is 11.8 Å². The Balaban J connectivity index is 1.62. The fraction of sp³-hybridized carbons (Fsp3) is 0.333. The second-order valence-electron chi connectivity index (χ2n) is 6.13. The van der Waals surface area contributed by atoms with Gasteiger partial charge in [0.25, 0.3) is 5.91 Å². The standard InChI is InChI=1S/C18H20N2O2/c21-16-9-15(11-19-12-16)17(22)20-13-18(7-4-8-18)10-14-5-2-1-3-6-14/h1-3,5-6,9,11-12,21H,4,7-8,10,13H2,(H,20,22). The van der Waals surface area contributed by atoms with Crippen molar-refractivity contribution in [1.29, 1.82) is 0 Å². The van der Waals surface area contributed by atoms with Crippen molar-refractivity contribution in [2.45, 2.75) is 25.7 Å². The molecule has 4 heteroatoms. The molecule has 4 nitrogen and oxygen atoms in total. The Labute approximate surface area is 130 Å². The average Bonchev–Trinajstić information content (AvgIpc) is 2.50. The monoisotopic (exact) mass is 296 g/mol. The maximum absolute atomic E-state index is 12.2. The quantitative estimate of drug-likeness (QED) is 0.891. The number of carbonyl (C=O) groups is 1. The number of benzene rings is 1. The van der Waals surface area contributed by atoms with E-state index in [4.69, 9.17) is 0 Å². The highest BCUT2D eigenvalue weighted by atomic mass is 16.3. The maximum atomic E-state index is 12.2. The first-order valence-corrected chi connectivity index (χ1v) is 7.63. The second-order valence-corrected chi connectivity index (χ2v) is 6.13. The summed E-state index contributed by atoms with van der Waals surface area (Å²) < 4.78 is 0. The molecule has 1 heterocycles. The molecule has 1 amide bonds. The topological polar surface area (TPSA) is 62.2 Å². The number of rotatable bonds is 5. The summed E-state index contributed by atoms with van der Waals surface area (Å²) in [5.41, 5.74) is 1.88. The lowest BCUT2D eigenvalue weighted by molar-refractivity contribution is 0.0859. The van der Waals surface area contributed by atoms with E-state index in [0.717, 1.165) is 19.3 Å². The van der Waals surface area contributed by atoms with Crippen molar-refractivity contribution < 1.29 is 9.90 Å². The fourth-order valence-corrected chi connectivity index (χ4v) is 3.04. The molecule has 0 unspecified atom stereocenters. The Kier molecular flexibility index (Phi) is 4.09. The van der Waals surface area contributed by atoms with Crippen LogP contribution in [0.25, 0.3) is 0 Å². The molecule has 1 saturated carbocycles. The number of hydrogen-bond acceptors (Lipinski definition) is 3. The summed E-state index contributed by atoms with van der Waals surface area (Å²) >= 11 is 0. The molecule has 3 rings (SSSR count). The van der Waals surface area contributed by atoms with Crippen LogP contribution in [0, 0.1) is 5.41 Å². The zero-order chi connectivity index (χ0) is 15.4. The van der Waals surface area contributed by atoms with Crippen molar-refractivity contribution in [2.24, 2.45) is 5.41 Å². The number of nitrogens with one attached hydrogen (secondary N) is 1. The van der Waals surface area contributed by atoms with Crippen LogP contribution < -0.4 is 5.32 Å². The number of hydrogen-bond donors (Lipinski definition) is 2. The van der Waals surface area contributed by atoms with Crippen LogP contribution in [-0.2, 0) is 6.42 Å². The van der Waals surface area contributed by atoms with Gasteiger partial charge in [0.2, 0.25) is 0 Å². The SMILES string of the molecule is O=C(NCC1(Cc2ccccc2)CCC1)c1cncc(O)c1. The molecular weight excluding hydrogens is 276 g/mol. The lowest BCUT2D eigenvalue weighted by Gasteiger charge is -2.42. The first kappa shape index (κ1) is 14.6. The molecule has 1 aliphatic rings. The molecule has 2 aromatic rings. The van der Waals surface area contributed by atoms with E-state index in [9.17, 15) is 9.90 Å². The van der Waals surface area contributed by atoms with E-state index < -0.39 is 0 Å². The van der Waals surface area contributed by atoms with Crippen molar-refractivity contribution in [1.82, 2.24) is 10.3 Å². The van der Waals surface area contributed by atoms with Crippen LogP contribution in [0.4, 0.5) is 0 Å². The van der Waals surface area contributed by atoms with Crippen LogP contribution in [0.5, 0.6) is 5.75 Å². The molecule has 0 bridgehead atoms. The zero-order valence-electron chi connectivity index (χ0n) is 12.5. The Hall–Kier alpha value is -2.36. The Morgan fingerprint density at radius 3 is 2.64 bits per heavy atom. The predicted octanol–water partition coefficient (Wildman–Crippen LogP) is 2.93. The smallest absolute Gasteiger partial charge is 0.253 e. The highest BCUT2D eigenvalue weighted by Crippen LogP contribution is 2.43. The molecule has 1 aromatic heterocycles. The molecule has 114 valence electrons. The van der Waals surface area contributed by atoms with Gasteiger partial charge in [-0.2, -0.15) is 0 Å². The van der Waals surface area contributed by atoms with E-state index in [0.29, 0.717) is 12.1 Å².